The summed E-state index contributed by atoms with van der Waals surface area (Å²) in [5, 5.41) is 7.56. The molecule has 0 bridgehead atoms. The van der Waals surface area contributed by atoms with E-state index in [-0.39, 0.29) is 5.91 Å². The normalized spacial score (nSPS) is 20.5. The molecule has 3 rings (SSSR count). The minimum absolute atomic E-state index is 0.0700. The van der Waals surface area contributed by atoms with Gasteiger partial charge in [-0.3, -0.25) is 9.48 Å². The zero-order valence-corrected chi connectivity index (χ0v) is 11.7. The molecule has 0 saturated heterocycles. The molecule has 19 heavy (non-hydrogen) atoms. The summed E-state index contributed by atoms with van der Waals surface area (Å²) in [7, 11) is 1.89. The van der Waals surface area contributed by atoms with Crippen molar-refractivity contribution in [1.82, 2.24) is 15.1 Å². The highest BCUT2D eigenvalue weighted by Gasteiger charge is 2.31. The van der Waals surface area contributed by atoms with Gasteiger partial charge >= 0.3 is 0 Å². The second-order valence-electron chi connectivity index (χ2n) is 6.09. The van der Waals surface area contributed by atoms with Gasteiger partial charge in [-0.2, -0.15) is 5.10 Å². The van der Waals surface area contributed by atoms with E-state index >= 15 is 0 Å². The predicted molar refractivity (Wildman–Crippen MR) is 74.1 cm³/mol. The molecule has 1 aromatic heterocycles. The van der Waals surface area contributed by atoms with Crippen molar-refractivity contribution in [2.75, 3.05) is 6.54 Å². The van der Waals surface area contributed by atoms with Crippen LogP contribution in [0.4, 0.5) is 0 Å². The second kappa shape index (κ2) is 5.35. The summed E-state index contributed by atoms with van der Waals surface area (Å²) in [6.45, 7) is 0.831. The zero-order chi connectivity index (χ0) is 13.2. The third-order valence-corrected chi connectivity index (χ3v) is 4.34. The molecule has 1 amide bonds. The highest BCUT2D eigenvalue weighted by Crippen LogP contribution is 2.40. The van der Waals surface area contributed by atoms with Gasteiger partial charge in [-0.05, 0) is 31.6 Å². The van der Waals surface area contributed by atoms with E-state index in [1.165, 1.54) is 44.9 Å². The summed E-state index contributed by atoms with van der Waals surface area (Å²) in [5.74, 6) is 1.27. The fourth-order valence-electron chi connectivity index (χ4n) is 3.06. The van der Waals surface area contributed by atoms with Crippen molar-refractivity contribution in [1.29, 1.82) is 0 Å². The fraction of sp³-hybridized carbons (Fsp3) is 0.733. The molecular formula is C15H23N3O. The highest BCUT2D eigenvalue weighted by molar-refractivity contribution is 5.95. The zero-order valence-electron chi connectivity index (χ0n) is 11.7. The maximum atomic E-state index is 12.3. The van der Waals surface area contributed by atoms with Crippen LogP contribution in [-0.4, -0.2) is 22.2 Å². The molecule has 1 N–H and O–H groups in total. The first-order valence-electron chi connectivity index (χ1n) is 7.56. The van der Waals surface area contributed by atoms with E-state index in [4.69, 9.17) is 0 Å². The van der Waals surface area contributed by atoms with Gasteiger partial charge in [0.1, 0.15) is 0 Å². The predicted octanol–water partition coefficient (Wildman–Crippen LogP) is 2.61. The summed E-state index contributed by atoms with van der Waals surface area (Å²) < 4.78 is 1.77. The molecule has 4 heteroatoms. The molecule has 0 aromatic carbocycles. The molecule has 104 valence electrons. The van der Waals surface area contributed by atoms with Crippen molar-refractivity contribution in [3.05, 3.63) is 17.5 Å². The van der Waals surface area contributed by atoms with Crippen LogP contribution in [0.1, 0.15) is 66.9 Å². The van der Waals surface area contributed by atoms with Gasteiger partial charge in [0.15, 0.2) is 0 Å². The van der Waals surface area contributed by atoms with Gasteiger partial charge in [-0.1, -0.05) is 19.3 Å². The van der Waals surface area contributed by atoms with E-state index in [9.17, 15) is 4.79 Å². The van der Waals surface area contributed by atoms with Gasteiger partial charge in [0.05, 0.1) is 11.3 Å². The average Bonchev–Trinajstić information content (AvgIpc) is 3.20. The largest absolute Gasteiger partial charge is 0.352 e. The van der Waals surface area contributed by atoms with Crippen LogP contribution in [0.25, 0.3) is 0 Å². The van der Waals surface area contributed by atoms with Crippen molar-refractivity contribution < 1.29 is 4.79 Å². The van der Waals surface area contributed by atoms with E-state index in [0.29, 0.717) is 11.8 Å². The summed E-state index contributed by atoms with van der Waals surface area (Å²) in [5.41, 5.74) is 1.80. The van der Waals surface area contributed by atoms with Gasteiger partial charge in [-0.25, -0.2) is 0 Å². The molecule has 0 aliphatic heterocycles. The topological polar surface area (TPSA) is 46.9 Å². The van der Waals surface area contributed by atoms with Crippen molar-refractivity contribution in [2.45, 2.75) is 50.9 Å². The van der Waals surface area contributed by atoms with E-state index in [2.05, 4.69) is 10.4 Å². The standard InChI is InChI=1S/C15H23N3O/c1-18-10-13(14(17-18)12-7-8-12)15(19)16-9-11-5-3-2-4-6-11/h10-12H,2-9H2,1H3,(H,16,19). The van der Waals surface area contributed by atoms with Gasteiger partial charge < -0.3 is 5.32 Å². The van der Waals surface area contributed by atoms with E-state index in [1.54, 1.807) is 4.68 Å². The summed E-state index contributed by atoms with van der Waals surface area (Å²) in [6, 6.07) is 0. The van der Waals surface area contributed by atoms with E-state index in [0.717, 1.165) is 17.8 Å². The Kier molecular flexibility index (Phi) is 3.58. The lowest BCUT2D eigenvalue weighted by Gasteiger charge is -2.21. The average molecular weight is 261 g/mol. The van der Waals surface area contributed by atoms with E-state index in [1.807, 2.05) is 13.2 Å². The van der Waals surface area contributed by atoms with Crippen LogP contribution in [0.15, 0.2) is 6.20 Å². The minimum Gasteiger partial charge on any atom is -0.352 e. The summed E-state index contributed by atoms with van der Waals surface area (Å²) in [6.07, 6.45) is 10.8. The number of amides is 1. The Morgan fingerprint density at radius 1 is 1.32 bits per heavy atom. The molecule has 0 atom stereocenters. The molecule has 2 fully saturated rings. The van der Waals surface area contributed by atoms with Crippen LogP contribution < -0.4 is 5.32 Å². The Morgan fingerprint density at radius 3 is 2.74 bits per heavy atom. The van der Waals surface area contributed by atoms with Crippen LogP contribution in [0.3, 0.4) is 0 Å². The summed E-state index contributed by atoms with van der Waals surface area (Å²) >= 11 is 0. The van der Waals surface area contributed by atoms with Gasteiger partial charge in [0, 0.05) is 25.7 Å². The molecule has 2 aliphatic carbocycles. The second-order valence-corrected chi connectivity index (χ2v) is 6.09. The van der Waals surface area contributed by atoms with Crippen molar-refractivity contribution in [3.8, 4) is 0 Å². The SMILES string of the molecule is Cn1cc(C(=O)NCC2CCCCC2)c(C2CC2)n1. The summed E-state index contributed by atoms with van der Waals surface area (Å²) in [4.78, 5) is 12.3. The maximum Gasteiger partial charge on any atom is 0.254 e. The van der Waals surface area contributed by atoms with Crippen LogP contribution in [-0.2, 0) is 7.05 Å². The van der Waals surface area contributed by atoms with Crippen LogP contribution >= 0.6 is 0 Å². The number of nitrogens with one attached hydrogen (secondary N) is 1. The van der Waals surface area contributed by atoms with Crippen molar-refractivity contribution in [3.63, 3.8) is 0 Å². The third-order valence-electron chi connectivity index (χ3n) is 4.34. The lowest BCUT2D eigenvalue weighted by molar-refractivity contribution is 0.0942. The van der Waals surface area contributed by atoms with Crippen LogP contribution in [0.5, 0.6) is 0 Å². The molecular weight excluding hydrogens is 238 g/mol. The molecule has 2 saturated carbocycles. The first kappa shape index (κ1) is 12.7. The lowest BCUT2D eigenvalue weighted by Crippen LogP contribution is -2.30. The monoisotopic (exact) mass is 261 g/mol. The Bertz CT molecular complexity index is 456. The number of hydrogen-bond acceptors (Lipinski definition) is 2. The number of hydrogen-bond donors (Lipinski definition) is 1. The molecule has 4 nitrogen and oxygen atoms in total. The number of aryl methyl sites for hydroxylation is 1. The first-order valence-corrected chi connectivity index (χ1v) is 7.56. The highest BCUT2D eigenvalue weighted by atomic mass is 16.1. The fourth-order valence-corrected chi connectivity index (χ4v) is 3.06. The third kappa shape index (κ3) is 2.99. The number of aromatic nitrogens is 2. The maximum absolute atomic E-state index is 12.3. The number of nitrogens with zero attached hydrogens (tertiary/aromatic N) is 2. The number of carbonyl (C=O) groups is 1. The molecule has 0 unspecified atom stereocenters. The molecule has 1 heterocycles. The Morgan fingerprint density at radius 2 is 2.05 bits per heavy atom. The minimum atomic E-state index is 0.0700. The Hall–Kier alpha value is -1.32. The Labute approximate surface area is 114 Å². The Balaban J connectivity index is 1.60. The van der Waals surface area contributed by atoms with Crippen molar-refractivity contribution in [2.24, 2.45) is 13.0 Å². The lowest BCUT2D eigenvalue weighted by atomic mass is 9.89. The molecule has 1 aromatic rings. The van der Waals surface area contributed by atoms with Gasteiger partial charge in [0.2, 0.25) is 0 Å². The van der Waals surface area contributed by atoms with Gasteiger partial charge in [0.25, 0.3) is 5.91 Å². The molecule has 2 aliphatic rings. The smallest absolute Gasteiger partial charge is 0.254 e. The van der Waals surface area contributed by atoms with Crippen LogP contribution in [0.2, 0.25) is 0 Å². The number of rotatable bonds is 4. The number of carbonyl (C=O) groups excluding carboxylic acids is 1. The van der Waals surface area contributed by atoms with E-state index < -0.39 is 0 Å². The first-order chi connectivity index (χ1) is 9.24. The molecule has 0 spiro atoms. The molecule has 0 radical (unpaired) electrons. The quantitative estimate of drug-likeness (QED) is 0.905. The van der Waals surface area contributed by atoms with Crippen LogP contribution in [0, 0.1) is 5.92 Å². The van der Waals surface area contributed by atoms with Crippen molar-refractivity contribution >= 4 is 5.91 Å². The van der Waals surface area contributed by atoms with Gasteiger partial charge in [-0.15, -0.1) is 0 Å².